The highest BCUT2D eigenvalue weighted by Crippen LogP contribution is 2.27. The molecular formula is C13H24N4OS2. The zero-order valence-electron chi connectivity index (χ0n) is 12.8. The van der Waals surface area contributed by atoms with Crippen LogP contribution in [0.1, 0.15) is 47.5 Å². The summed E-state index contributed by atoms with van der Waals surface area (Å²) in [6.45, 7) is 10.4. The molecule has 0 radical (unpaired) electrons. The normalized spacial score (nSPS) is 11.7. The van der Waals surface area contributed by atoms with Crippen molar-refractivity contribution in [3.8, 4) is 0 Å². The minimum Gasteiger partial charge on any atom is -0.355 e. The van der Waals surface area contributed by atoms with Gasteiger partial charge in [0.2, 0.25) is 11.0 Å². The standard InChI is InChI=1S/C13H24N4OS2/c1-6-9(7-2)14-10(18)8-19-12-17-16-11(20-12)15-13(3,4)5/h9H,6-8H2,1-5H3,(H,14,18)(H,15,16). The van der Waals surface area contributed by atoms with Crippen LogP contribution in [0.5, 0.6) is 0 Å². The maximum atomic E-state index is 11.8. The molecule has 0 fully saturated rings. The van der Waals surface area contributed by atoms with E-state index >= 15 is 0 Å². The Labute approximate surface area is 129 Å². The maximum Gasteiger partial charge on any atom is 0.230 e. The molecule has 1 aromatic rings. The van der Waals surface area contributed by atoms with Gasteiger partial charge in [0.05, 0.1) is 5.75 Å². The molecule has 20 heavy (non-hydrogen) atoms. The Kier molecular flexibility index (Phi) is 6.75. The highest BCUT2D eigenvalue weighted by atomic mass is 32.2. The van der Waals surface area contributed by atoms with Crippen LogP contribution in [0.4, 0.5) is 5.13 Å². The smallest absolute Gasteiger partial charge is 0.230 e. The molecule has 0 spiro atoms. The fraction of sp³-hybridized carbons (Fsp3) is 0.769. The Morgan fingerprint density at radius 3 is 2.50 bits per heavy atom. The van der Waals surface area contributed by atoms with Crippen molar-refractivity contribution in [3.63, 3.8) is 0 Å². The molecular weight excluding hydrogens is 292 g/mol. The number of nitrogens with one attached hydrogen (secondary N) is 2. The van der Waals surface area contributed by atoms with E-state index in [2.05, 4.69) is 55.4 Å². The third-order valence-electron chi connectivity index (χ3n) is 2.57. The highest BCUT2D eigenvalue weighted by Gasteiger charge is 2.14. The summed E-state index contributed by atoms with van der Waals surface area (Å²) in [5.74, 6) is 0.449. The first-order valence-corrected chi connectivity index (χ1v) is 8.68. The molecule has 0 unspecified atom stereocenters. The Bertz CT molecular complexity index is 424. The van der Waals surface area contributed by atoms with Crippen molar-refractivity contribution >= 4 is 34.1 Å². The van der Waals surface area contributed by atoms with Gasteiger partial charge in [0.15, 0.2) is 4.34 Å². The van der Waals surface area contributed by atoms with Crippen molar-refractivity contribution in [2.45, 2.75) is 63.4 Å². The van der Waals surface area contributed by atoms with Crippen molar-refractivity contribution in [2.75, 3.05) is 11.1 Å². The molecule has 2 N–H and O–H groups in total. The van der Waals surface area contributed by atoms with E-state index < -0.39 is 0 Å². The van der Waals surface area contributed by atoms with Crippen LogP contribution in [0.25, 0.3) is 0 Å². The molecule has 5 nitrogen and oxygen atoms in total. The van der Waals surface area contributed by atoms with E-state index in [4.69, 9.17) is 0 Å². The first-order valence-electron chi connectivity index (χ1n) is 6.88. The Balaban J connectivity index is 2.40. The van der Waals surface area contributed by atoms with Gasteiger partial charge in [0, 0.05) is 11.6 Å². The van der Waals surface area contributed by atoms with Gasteiger partial charge in [-0.3, -0.25) is 4.79 Å². The lowest BCUT2D eigenvalue weighted by atomic mass is 10.1. The Morgan fingerprint density at radius 1 is 1.30 bits per heavy atom. The van der Waals surface area contributed by atoms with E-state index in [1.165, 1.54) is 23.1 Å². The summed E-state index contributed by atoms with van der Waals surface area (Å²) >= 11 is 2.91. The van der Waals surface area contributed by atoms with Crippen LogP contribution >= 0.6 is 23.1 Å². The number of anilines is 1. The number of thioether (sulfide) groups is 1. The molecule has 0 atom stereocenters. The van der Waals surface area contributed by atoms with E-state index in [9.17, 15) is 4.79 Å². The molecule has 1 amide bonds. The van der Waals surface area contributed by atoms with E-state index in [-0.39, 0.29) is 17.5 Å². The fourth-order valence-corrected chi connectivity index (χ4v) is 3.30. The number of amides is 1. The SMILES string of the molecule is CCC(CC)NC(=O)CSc1nnc(NC(C)(C)C)s1. The summed E-state index contributed by atoms with van der Waals surface area (Å²) in [4.78, 5) is 11.8. The lowest BCUT2D eigenvalue weighted by molar-refractivity contribution is -0.119. The molecule has 0 saturated carbocycles. The highest BCUT2D eigenvalue weighted by molar-refractivity contribution is 8.01. The summed E-state index contributed by atoms with van der Waals surface area (Å²) in [6.07, 6.45) is 1.93. The molecule has 0 aromatic carbocycles. The Morgan fingerprint density at radius 2 is 1.95 bits per heavy atom. The van der Waals surface area contributed by atoms with Crippen molar-refractivity contribution in [1.29, 1.82) is 0 Å². The average Bonchev–Trinajstić information content (AvgIpc) is 2.78. The molecule has 0 aliphatic rings. The van der Waals surface area contributed by atoms with Crippen LogP contribution < -0.4 is 10.6 Å². The van der Waals surface area contributed by atoms with Gasteiger partial charge in [-0.25, -0.2) is 0 Å². The average molecular weight is 316 g/mol. The molecule has 0 aliphatic heterocycles. The van der Waals surface area contributed by atoms with Gasteiger partial charge in [-0.2, -0.15) is 0 Å². The van der Waals surface area contributed by atoms with Gasteiger partial charge in [0.1, 0.15) is 0 Å². The van der Waals surface area contributed by atoms with E-state index in [1.807, 2.05) is 0 Å². The van der Waals surface area contributed by atoms with Gasteiger partial charge in [-0.15, -0.1) is 10.2 Å². The molecule has 0 saturated heterocycles. The zero-order chi connectivity index (χ0) is 15.2. The maximum absolute atomic E-state index is 11.8. The lowest BCUT2D eigenvalue weighted by Gasteiger charge is -2.18. The first kappa shape index (κ1) is 17.2. The van der Waals surface area contributed by atoms with Crippen molar-refractivity contribution in [3.05, 3.63) is 0 Å². The van der Waals surface area contributed by atoms with Gasteiger partial charge in [-0.05, 0) is 33.6 Å². The minimum atomic E-state index is -0.0334. The van der Waals surface area contributed by atoms with Crippen LogP contribution in [-0.2, 0) is 4.79 Å². The molecule has 1 aromatic heterocycles. The number of hydrogen-bond acceptors (Lipinski definition) is 6. The summed E-state index contributed by atoms with van der Waals surface area (Å²) in [5.41, 5.74) is -0.0334. The summed E-state index contributed by atoms with van der Waals surface area (Å²) in [6, 6.07) is 0.274. The minimum absolute atomic E-state index is 0.0334. The molecule has 114 valence electrons. The van der Waals surface area contributed by atoms with Gasteiger partial charge in [-0.1, -0.05) is 36.9 Å². The van der Waals surface area contributed by atoms with Crippen molar-refractivity contribution in [2.24, 2.45) is 0 Å². The second-order valence-corrected chi connectivity index (χ2v) is 7.82. The number of rotatable bonds is 7. The lowest BCUT2D eigenvalue weighted by Crippen LogP contribution is -2.34. The van der Waals surface area contributed by atoms with Crippen molar-refractivity contribution < 1.29 is 4.79 Å². The first-order chi connectivity index (χ1) is 9.34. The quantitative estimate of drug-likeness (QED) is 0.756. The molecule has 7 heteroatoms. The number of carbonyl (C=O) groups excluding carboxylic acids is 1. The second-order valence-electron chi connectivity index (χ2n) is 5.62. The van der Waals surface area contributed by atoms with Crippen LogP contribution in [0, 0.1) is 0 Å². The van der Waals surface area contributed by atoms with Gasteiger partial charge >= 0.3 is 0 Å². The van der Waals surface area contributed by atoms with Crippen LogP contribution in [0.3, 0.4) is 0 Å². The summed E-state index contributed by atoms with van der Waals surface area (Å²) in [5, 5.41) is 15.2. The molecule has 1 rings (SSSR count). The largest absolute Gasteiger partial charge is 0.355 e. The topological polar surface area (TPSA) is 66.9 Å². The van der Waals surface area contributed by atoms with Gasteiger partial charge in [0.25, 0.3) is 0 Å². The summed E-state index contributed by atoms with van der Waals surface area (Å²) in [7, 11) is 0. The third-order valence-corrected chi connectivity index (χ3v) is 4.54. The van der Waals surface area contributed by atoms with Crippen LogP contribution in [-0.4, -0.2) is 33.4 Å². The number of aromatic nitrogens is 2. The predicted molar refractivity (Wildman–Crippen MR) is 86.5 cm³/mol. The second kappa shape index (κ2) is 7.83. The van der Waals surface area contributed by atoms with E-state index in [1.54, 1.807) is 0 Å². The van der Waals surface area contributed by atoms with E-state index in [0.717, 1.165) is 22.3 Å². The van der Waals surface area contributed by atoms with Crippen LogP contribution in [0.2, 0.25) is 0 Å². The van der Waals surface area contributed by atoms with E-state index in [0.29, 0.717) is 5.75 Å². The predicted octanol–water partition coefficient (Wildman–Crippen LogP) is 3.15. The molecule has 0 bridgehead atoms. The van der Waals surface area contributed by atoms with Crippen LogP contribution in [0.15, 0.2) is 4.34 Å². The summed E-state index contributed by atoms with van der Waals surface area (Å²) < 4.78 is 0.816. The van der Waals surface area contributed by atoms with Crippen molar-refractivity contribution in [1.82, 2.24) is 15.5 Å². The molecule has 1 heterocycles. The Hall–Kier alpha value is -0.820. The number of hydrogen-bond donors (Lipinski definition) is 2. The molecule has 0 aliphatic carbocycles. The zero-order valence-corrected chi connectivity index (χ0v) is 14.5. The van der Waals surface area contributed by atoms with Gasteiger partial charge < -0.3 is 10.6 Å². The monoisotopic (exact) mass is 316 g/mol. The fourth-order valence-electron chi connectivity index (χ4n) is 1.53. The number of nitrogens with zero attached hydrogens (tertiary/aromatic N) is 2. The third kappa shape index (κ3) is 6.56. The number of carbonyl (C=O) groups is 1.